The summed E-state index contributed by atoms with van der Waals surface area (Å²) < 4.78 is 1.26. The summed E-state index contributed by atoms with van der Waals surface area (Å²) in [6, 6.07) is 8.35. The van der Waals surface area contributed by atoms with E-state index in [-0.39, 0.29) is 29.3 Å². The molecule has 1 amide bonds. The van der Waals surface area contributed by atoms with Crippen LogP contribution >= 0.6 is 0 Å². The lowest BCUT2D eigenvalue weighted by Crippen LogP contribution is -2.27. The molecule has 0 bridgehead atoms. The van der Waals surface area contributed by atoms with E-state index in [0.29, 0.717) is 31.5 Å². The molecule has 27 heavy (non-hydrogen) atoms. The molecular weight excluding hydrogens is 356 g/mol. The summed E-state index contributed by atoms with van der Waals surface area (Å²) in [5, 5.41) is 24.3. The lowest BCUT2D eigenvalue weighted by Gasteiger charge is -2.07. The van der Waals surface area contributed by atoms with Crippen LogP contribution in [0.5, 0.6) is 0 Å². The number of nitro groups is 2. The number of unbranched alkanes of at least 4 members (excludes halogenated alkanes) is 1. The van der Waals surface area contributed by atoms with Crippen LogP contribution in [0, 0.1) is 20.2 Å². The Morgan fingerprint density at radius 1 is 1.04 bits per heavy atom. The summed E-state index contributed by atoms with van der Waals surface area (Å²) in [6.07, 6.45) is 2.18. The van der Waals surface area contributed by atoms with Gasteiger partial charge in [-0.1, -0.05) is 18.2 Å². The highest BCUT2D eigenvalue weighted by Gasteiger charge is 2.15. The first-order valence-corrected chi connectivity index (χ1v) is 8.22. The highest BCUT2D eigenvalue weighted by Crippen LogP contribution is 2.17. The summed E-state index contributed by atoms with van der Waals surface area (Å²) in [4.78, 5) is 44.2. The van der Waals surface area contributed by atoms with Gasteiger partial charge in [0.25, 0.3) is 16.9 Å². The van der Waals surface area contributed by atoms with Crippen molar-refractivity contribution >= 4 is 17.3 Å². The van der Waals surface area contributed by atoms with Gasteiger partial charge in [-0.15, -0.1) is 0 Å². The van der Waals surface area contributed by atoms with Gasteiger partial charge in [0.05, 0.1) is 22.5 Å². The third-order valence-electron chi connectivity index (χ3n) is 3.87. The van der Waals surface area contributed by atoms with Crippen molar-refractivity contribution < 1.29 is 14.6 Å². The molecule has 0 fully saturated rings. The van der Waals surface area contributed by atoms with Gasteiger partial charge in [0.1, 0.15) is 0 Å². The van der Waals surface area contributed by atoms with Crippen molar-refractivity contribution in [2.24, 2.45) is 0 Å². The Hall–Kier alpha value is -3.56. The van der Waals surface area contributed by atoms with Gasteiger partial charge in [-0.2, -0.15) is 0 Å². The number of carbonyl (C=O) groups is 1. The average molecular weight is 374 g/mol. The van der Waals surface area contributed by atoms with Crippen molar-refractivity contribution in [2.75, 3.05) is 6.54 Å². The fourth-order valence-electron chi connectivity index (χ4n) is 2.51. The first-order chi connectivity index (χ1) is 12.9. The van der Waals surface area contributed by atoms with Crippen LogP contribution in [0.15, 0.2) is 47.4 Å². The van der Waals surface area contributed by atoms with Crippen molar-refractivity contribution in [3.8, 4) is 0 Å². The number of rotatable bonds is 9. The molecule has 1 aromatic heterocycles. The number of benzene rings is 1. The number of hydrogen-bond acceptors (Lipinski definition) is 6. The zero-order valence-electron chi connectivity index (χ0n) is 14.4. The SMILES string of the molecule is O=C(Cc1ccccc1[N+](=O)[O-])NCCCCn1cc([N+](=O)[O-])ccc1=O. The standard InChI is InChI=1S/C17H18N4O6/c22-16(11-13-5-1-2-6-15(13)21(26)27)18-9-3-4-10-19-12-14(20(24)25)7-8-17(19)23/h1-2,5-8,12H,3-4,9-11H2,(H,18,22). The maximum Gasteiger partial charge on any atom is 0.285 e. The van der Waals surface area contributed by atoms with Crippen molar-refractivity contribution in [2.45, 2.75) is 25.8 Å². The number of pyridine rings is 1. The highest BCUT2D eigenvalue weighted by atomic mass is 16.6. The van der Waals surface area contributed by atoms with Crippen LogP contribution in [0.2, 0.25) is 0 Å². The molecule has 0 saturated heterocycles. The molecule has 0 radical (unpaired) electrons. The second-order valence-electron chi connectivity index (χ2n) is 5.80. The molecule has 2 rings (SSSR count). The number of hydrogen-bond donors (Lipinski definition) is 1. The Balaban J connectivity index is 1.78. The number of amides is 1. The molecule has 2 aromatic rings. The number of aromatic nitrogens is 1. The van der Waals surface area contributed by atoms with Gasteiger partial charge >= 0.3 is 0 Å². The maximum atomic E-state index is 11.9. The molecule has 0 aliphatic heterocycles. The van der Waals surface area contributed by atoms with Crippen LogP contribution in [-0.4, -0.2) is 26.9 Å². The van der Waals surface area contributed by atoms with E-state index in [4.69, 9.17) is 0 Å². The normalized spacial score (nSPS) is 10.4. The van der Waals surface area contributed by atoms with Crippen LogP contribution < -0.4 is 10.9 Å². The summed E-state index contributed by atoms with van der Waals surface area (Å²) in [7, 11) is 0. The molecule has 10 heteroatoms. The third-order valence-corrected chi connectivity index (χ3v) is 3.87. The van der Waals surface area contributed by atoms with Crippen molar-refractivity contribution in [3.05, 3.63) is 78.7 Å². The van der Waals surface area contributed by atoms with Gasteiger partial charge < -0.3 is 9.88 Å². The van der Waals surface area contributed by atoms with E-state index in [2.05, 4.69) is 5.32 Å². The molecule has 142 valence electrons. The van der Waals surface area contributed by atoms with Crippen molar-refractivity contribution in [1.82, 2.24) is 9.88 Å². The molecule has 0 atom stereocenters. The van der Waals surface area contributed by atoms with Crippen LogP contribution in [-0.2, 0) is 17.8 Å². The lowest BCUT2D eigenvalue weighted by atomic mass is 10.1. The van der Waals surface area contributed by atoms with Crippen LogP contribution in [0.25, 0.3) is 0 Å². The summed E-state index contributed by atoms with van der Waals surface area (Å²) in [5.74, 6) is -0.336. The first-order valence-electron chi connectivity index (χ1n) is 8.22. The Kier molecular flexibility index (Phi) is 6.75. The largest absolute Gasteiger partial charge is 0.356 e. The van der Waals surface area contributed by atoms with Gasteiger partial charge in [0.2, 0.25) is 5.91 Å². The predicted molar refractivity (Wildman–Crippen MR) is 96.4 cm³/mol. The Morgan fingerprint density at radius 2 is 1.78 bits per heavy atom. The van der Waals surface area contributed by atoms with Crippen molar-refractivity contribution in [1.29, 1.82) is 0 Å². The van der Waals surface area contributed by atoms with Gasteiger partial charge in [0, 0.05) is 36.9 Å². The number of carbonyl (C=O) groups excluding carboxylic acids is 1. The fraction of sp³-hybridized carbons (Fsp3) is 0.294. The zero-order chi connectivity index (χ0) is 19.8. The number of nitrogens with zero attached hydrogens (tertiary/aromatic N) is 3. The van der Waals surface area contributed by atoms with E-state index >= 15 is 0 Å². The van der Waals surface area contributed by atoms with Gasteiger partial charge in [-0.05, 0) is 12.8 Å². The summed E-state index contributed by atoms with van der Waals surface area (Å²) >= 11 is 0. The van der Waals surface area contributed by atoms with Crippen LogP contribution in [0.1, 0.15) is 18.4 Å². The highest BCUT2D eigenvalue weighted by molar-refractivity contribution is 5.79. The molecule has 0 unspecified atom stereocenters. The van der Waals surface area contributed by atoms with E-state index in [1.807, 2.05) is 0 Å². The minimum Gasteiger partial charge on any atom is -0.356 e. The third kappa shape index (κ3) is 5.73. The lowest BCUT2D eigenvalue weighted by molar-refractivity contribution is -0.385. The second kappa shape index (κ2) is 9.22. The molecule has 0 aliphatic rings. The van der Waals surface area contributed by atoms with Crippen molar-refractivity contribution in [3.63, 3.8) is 0 Å². The zero-order valence-corrected chi connectivity index (χ0v) is 14.4. The quantitative estimate of drug-likeness (QED) is 0.403. The molecule has 10 nitrogen and oxygen atoms in total. The van der Waals surface area contributed by atoms with E-state index in [9.17, 15) is 29.8 Å². The summed E-state index contributed by atoms with van der Waals surface area (Å²) in [5.41, 5.74) is -0.255. The predicted octanol–water partition coefficient (Wildman–Crippen LogP) is 1.80. The van der Waals surface area contributed by atoms with E-state index in [1.165, 1.54) is 29.0 Å². The topological polar surface area (TPSA) is 137 Å². The molecule has 0 aliphatic carbocycles. The van der Waals surface area contributed by atoms with Crippen LogP contribution in [0.3, 0.4) is 0 Å². The van der Waals surface area contributed by atoms with E-state index < -0.39 is 9.85 Å². The minimum atomic E-state index is -0.571. The molecule has 1 heterocycles. The Bertz CT molecular complexity index is 908. The smallest absolute Gasteiger partial charge is 0.285 e. The summed E-state index contributed by atoms with van der Waals surface area (Å²) in [6.45, 7) is 0.629. The Labute approximate surface area is 153 Å². The van der Waals surface area contributed by atoms with Gasteiger partial charge in [-0.3, -0.25) is 29.8 Å². The Morgan fingerprint density at radius 3 is 2.48 bits per heavy atom. The maximum absolute atomic E-state index is 11.9. The molecule has 0 saturated carbocycles. The number of nitrogens with one attached hydrogen (secondary N) is 1. The van der Waals surface area contributed by atoms with Crippen LogP contribution in [0.4, 0.5) is 11.4 Å². The molecular formula is C17H18N4O6. The van der Waals surface area contributed by atoms with Gasteiger partial charge in [0.15, 0.2) is 0 Å². The fourth-order valence-corrected chi connectivity index (χ4v) is 2.51. The van der Waals surface area contributed by atoms with E-state index in [0.717, 1.165) is 12.1 Å². The monoisotopic (exact) mass is 374 g/mol. The molecule has 1 aromatic carbocycles. The average Bonchev–Trinajstić information content (AvgIpc) is 2.62. The number of nitro benzene ring substituents is 1. The number of aryl methyl sites for hydroxylation is 1. The first kappa shape index (κ1) is 19.8. The minimum absolute atomic E-state index is 0.0957. The van der Waals surface area contributed by atoms with Gasteiger partial charge in [-0.25, -0.2) is 0 Å². The second-order valence-corrected chi connectivity index (χ2v) is 5.80. The van der Waals surface area contributed by atoms with E-state index in [1.54, 1.807) is 6.07 Å². The molecule has 0 spiro atoms. The number of para-hydroxylation sites is 1. The molecule has 1 N–H and O–H groups in total.